The molecule has 0 aromatic heterocycles. The summed E-state index contributed by atoms with van der Waals surface area (Å²) in [5.74, 6) is 0. The van der Waals surface area contributed by atoms with E-state index in [-0.39, 0.29) is 0 Å². The fourth-order valence-electron chi connectivity index (χ4n) is 0.113. The topological polar surface area (TPSA) is 0 Å². The SMILES string of the molecule is C1=CSSS1. The van der Waals surface area contributed by atoms with Crippen molar-refractivity contribution in [1.82, 2.24) is 0 Å². The minimum atomic E-state index is 1.77. The van der Waals surface area contributed by atoms with Crippen LogP contribution in [0.2, 0.25) is 0 Å². The fraction of sp³-hybridized carbons (Fsp3) is 0. The molecule has 0 saturated heterocycles. The van der Waals surface area contributed by atoms with Gasteiger partial charge in [-0.1, -0.05) is 21.6 Å². The highest BCUT2D eigenvalue weighted by Crippen LogP contribution is 2.42. The maximum absolute atomic E-state index is 2.08. The van der Waals surface area contributed by atoms with Crippen molar-refractivity contribution in [2.75, 3.05) is 0 Å². The van der Waals surface area contributed by atoms with Gasteiger partial charge in [0.15, 0.2) is 0 Å². The molecule has 1 aliphatic rings. The smallest absolute Gasteiger partial charge is 0.0101 e. The molecule has 1 rings (SSSR count). The summed E-state index contributed by atoms with van der Waals surface area (Å²) in [6.45, 7) is 0. The zero-order chi connectivity index (χ0) is 3.54. The molecule has 28 valence electrons. The van der Waals surface area contributed by atoms with Crippen molar-refractivity contribution in [3.05, 3.63) is 10.8 Å². The number of hydrogen-bond acceptors (Lipinski definition) is 3. The second-order valence-corrected chi connectivity index (χ2v) is 4.39. The van der Waals surface area contributed by atoms with Crippen LogP contribution < -0.4 is 0 Å². The Labute approximate surface area is 42.6 Å². The van der Waals surface area contributed by atoms with Crippen LogP contribution in [0.25, 0.3) is 0 Å². The van der Waals surface area contributed by atoms with Gasteiger partial charge in [0, 0.05) is 0 Å². The average Bonchev–Trinajstić information content (AvgIpc) is 1.76. The van der Waals surface area contributed by atoms with Crippen molar-refractivity contribution < 1.29 is 0 Å². The van der Waals surface area contributed by atoms with Gasteiger partial charge in [0.2, 0.25) is 0 Å². The van der Waals surface area contributed by atoms with Crippen LogP contribution in [0, 0.1) is 0 Å². The first-order valence-corrected chi connectivity index (χ1v) is 4.75. The summed E-state index contributed by atoms with van der Waals surface area (Å²) in [7, 11) is 5.34. The van der Waals surface area contributed by atoms with E-state index in [4.69, 9.17) is 0 Å². The van der Waals surface area contributed by atoms with Crippen molar-refractivity contribution >= 4 is 31.4 Å². The molecule has 0 amide bonds. The highest BCUT2D eigenvalue weighted by Gasteiger charge is 1.87. The highest BCUT2D eigenvalue weighted by molar-refractivity contribution is 9.11. The molecule has 0 aliphatic carbocycles. The van der Waals surface area contributed by atoms with E-state index in [0.29, 0.717) is 0 Å². The van der Waals surface area contributed by atoms with Crippen LogP contribution in [0.3, 0.4) is 0 Å². The second-order valence-electron chi connectivity index (χ2n) is 0.533. The van der Waals surface area contributed by atoms with Crippen molar-refractivity contribution in [2.24, 2.45) is 0 Å². The third-order valence-electron chi connectivity index (χ3n) is 0.245. The summed E-state index contributed by atoms with van der Waals surface area (Å²) in [4.78, 5) is 0. The largest absolute Gasteiger partial charge is 0.0533 e. The molecular weight excluding hydrogens is 120 g/mol. The molecule has 0 radical (unpaired) electrons. The van der Waals surface area contributed by atoms with Crippen molar-refractivity contribution in [2.45, 2.75) is 0 Å². The van der Waals surface area contributed by atoms with Crippen LogP contribution in [0.5, 0.6) is 0 Å². The van der Waals surface area contributed by atoms with Crippen LogP contribution in [-0.2, 0) is 0 Å². The molecule has 0 fully saturated rings. The quantitative estimate of drug-likeness (QED) is 0.453. The van der Waals surface area contributed by atoms with Gasteiger partial charge in [-0.15, -0.1) is 0 Å². The maximum Gasteiger partial charge on any atom is -0.0101 e. The molecule has 0 aromatic carbocycles. The molecule has 0 bridgehead atoms. The van der Waals surface area contributed by atoms with Gasteiger partial charge < -0.3 is 0 Å². The minimum Gasteiger partial charge on any atom is -0.0533 e. The fourth-order valence-corrected chi connectivity index (χ4v) is 3.06. The number of hydrogen-bond donors (Lipinski definition) is 0. The van der Waals surface area contributed by atoms with Gasteiger partial charge in [-0.3, -0.25) is 0 Å². The lowest BCUT2D eigenvalue weighted by Gasteiger charge is -1.68. The molecule has 1 aliphatic heterocycles. The van der Waals surface area contributed by atoms with Gasteiger partial charge in [0.1, 0.15) is 0 Å². The van der Waals surface area contributed by atoms with Crippen LogP contribution in [0.4, 0.5) is 0 Å². The predicted octanol–water partition coefficient (Wildman–Crippen LogP) is 2.50. The molecular formula is C2H2S3. The first-order chi connectivity index (χ1) is 2.50. The van der Waals surface area contributed by atoms with E-state index in [1.54, 1.807) is 31.4 Å². The molecule has 3 heteroatoms. The van der Waals surface area contributed by atoms with Gasteiger partial charge in [-0.25, -0.2) is 0 Å². The summed E-state index contributed by atoms with van der Waals surface area (Å²) < 4.78 is 0. The van der Waals surface area contributed by atoms with E-state index in [1.807, 2.05) is 0 Å². The predicted molar refractivity (Wildman–Crippen MR) is 31.9 cm³/mol. The molecule has 1 heterocycles. The summed E-state index contributed by atoms with van der Waals surface area (Å²) in [5.41, 5.74) is 0. The van der Waals surface area contributed by atoms with Crippen LogP contribution in [0.15, 0.2) is 10.8 Å². The minimum absolute atomic E-state index is 1.77. The molecule has 0 unspecified atom stereocenters. The third kappa shape index (κ3) is 1.11. The summed E-state index contributed by atoms with van der Waals surface area (Å²) in [5, 5.41) is 4.16. The van der Waals surface area contributed by atoms with E-state index < -0.39 is 0 Å². The summed E-state index contributed by atoms with van der Waals surface area (Å²) in [6.07, 6.45) is 0. The Morgan fingerprint density at radius 1 is 1.00 bits per heavy atom. The van der Waals surface area contributed by atoms with E-state index in [0.717, 1.165) is 0 Å². The Bertz CT molecular complexity index is 42.9. The summed E-state index contributed by atoms with van der Waals surface area (Å²) in [6, 6.07) is 0. The molecule has 0 saturated carbocycles. The Morgan fingerprint density at radius 2 is 1.60 bits per heavy atom. The lowest BCUT2D eigenvalue weighted by Crippen LogP contribution is -1.12. The number of rotatable bonds is 0. The average molecular weight is 122 g/mol. The Hall–Kier alpha value is 0.790. The van der Waals surface area contributed by atoms with Crippen molar-refractivity contribution in [1.29, 1.82) is 0 Å². The lowest BCUT2D eigenvalue weighted by atomic mass is 11.3. The van der Waals surface area contributed by atoms with Crippen molar-refractivity contribution in [3.63, 3.8) is 0 Å². The molecule has 0 N–H and O–H groups in total. The van der Waals surface area contributed by atoms with Crippen LogP contribution >= 0.6 is 31.4 Å². The van der Waals surface area contributed by atoms with E-state index in [1.165, 1.54) is 0 Å². The molecule has 0 atom stereocenters. The van der Waals surface area contributed by atoms with Crippen LogP contribution in [0.1, 0.15) is 0 Å². The van der Waals surface area contributed by atoms with Gasteiger partial charge in [0.05, 0.1) is 0 Å². The van der Waals surface area contributed by atoms with E-state index in [9.17, 15) is 0 Å². The van der Waals surface area contributed by atoms with Gasteiger partial charge in [-0.2, -0.15) is 0 Å². The first-order valence-electron chi connectivity index (χ1n) is 1.14. The van der Waals surface area contributed by atoms with Gasteiger partial charge in [0.25, 0.3) is 0 Å². The lowest BCUT2D eigenvalue weighted by molar-refractivity contribution is 2.61. The Kier molecular flexibility index (Phi) is 1.63. The van der Waals surface area contributed by atoms with Gasteiger partial charge in [-0.05, 0) is 20.6 Å². The van der Waals surface area contributed by atoms with E-state index >= 15 is 0 Å². The highest BCUT2D eigenvalue weighted by atomic mass is 33.5. The Morgan fingerprint density at radius 3 is 1.80 bits per heavy atom. The van der Waals surface area contributed by atoms with Crippen molar-refractivity contribution in [3.8, 4) is 0 Å². The molecule has 0 spiro atoms. The molecule has 0 nitrogen and oxygen atoms in total. The summed E-state index contributed by atoms with van der Waals surface area (Å²) >= 11 is 0. The second kappa shape index (κ2) is 2.05. The third-order valence-corrected chi connectivity index (χ3v) is 3.62. The zero-order valence-electron chi connectivity index (χ0n) is 2.38. The van der Waals surface area contributed by atoms with Gasteiger partial charge >= 0.3 is 0 Å². The molecule has 0 aromatic rings. The first kappa shape index (κ1) is 3.96. The van der Waals surface area contributed by atoms with Crippen LogP contribution in [-0.4, -0.2) is 0 Å². The Balaban J connectivity index is 2.32. The molecule has 5 heavy (non-hydrogen) atoms. The zero-order valence-corrected chi connectivity index (χ0v) is 4.83. The monoisotopic (exact) mass is 122 g/mol. The maximum atomic E-state index is 2.08. The standard InChI is InChI=1S/C2H2S3/c1-2-4-5-3-1/h1-2H. The normalized spacial score (nSPS) is 20.8. The van der Waals surface area contributed by atoms with E-state index in [2.05, 4.69) is 10.8 Å².